The van der Waals surface area contributed by atoms with Gasteiger partial charge in [-0.3, -0.25) is 9.69 Å². The molecule has 2 atom stereocenters. The zero-order chi connectivity index (χ0) is 17.0. The van der Waals surface area contributed by atoms with Gasteiger partial charge in [0, 0.05) is 35.7 Å². The van der Waals surface area contributed by atoms with Gasteiger partial charge < -0.3 is 9.30 Å². The lowest BCUT2D eigenvalue weighted by Gasteiger charge is -2.39. The Morgan fingerprint density at radius 1 is 1.33 bits per heavy atom. The number of esters is 1. The van der Waals surface area contributed by atoms with Gasteiger partial charge in [0.05, 0.1) is 13.0 Å². The van der Waals surface area contributed by atoms with Crippen molar-refractivity contribution in [2.45, 2.75) is 32.4 Å². The standard InChI is InChI=1S/C20H24N2O2/c1-12(2)22-11-13-9-18-16(15-6-5-7-17(22)19(13)15)8-14(10-21(18)3)20(23)24-4/h5-8,11-12,14,18H,9-10H2,1-4H3/t14-,18-/m1/s1. The summed E-state index contributed by atoms with van der Waals surface area (Å²) in [5, 5.41) is 1.35. The fourth-order valence-corrected chi connectivity index (χ4v) is 4.31. The predicted octanol–water partition coefficient (Wildman–Crippen LogP) is 3.26. The molecule has 0 fully saturated rings. The molecule has 126 valence electrons. The van der Waals surface area contributed by atoms with Crippen LogP contribution < -0.4 is 0 Å². The van der Waals surface area contributed by atoms with Crippen molar-refractivity contribution in [2.24, 2.45) is 5.92 Å². The summed E-state index contributed by atoms with van der Waals surface area (Å²) in [4.78, 5) is 14.4. The SMILES string of the molecule is COC(=O)[C@@H]1C=C2c3cccc4c3c(cn4C(C)C)C[C@H]2N(C)C1. The van der Waals surface area contributed by atoms with Gasteiger partial charge >= 0.3 is 5.97 Å². The average Bonchev–Trinajstić information content (AvgIpc) is 2.95. The Morgan fingerprint density at radius 2 is 2.12 bits per heavy atom. The molecule has 1 aromatic heterocycles. The highest BCUT2D eigenvalue weighted by atomic mass is 16.5. The summed E-state index contributed by atoms with van der Waals surface area (Å²) in [6.07, 6.45) is 5.46. The Balaban J connectivity index is 1.92. The fourth-order valence-electron chi connectivity index (χ4n) is 4.31. The molecule has 0 saturated carbocycles. The lowest BCUT2D eigenvalue weighted by molar-refractivity contribution is -0.144. The number of hydrogen-bond donors (Lipinski definition) is 0. The van der Waals surface area contributed by atoms with Crippen LogP contribution in [0.4, 0.5) is 0 Å². The molecule has 1 aliphatic heterocycles. The summed E-state index contributed by atoms with van der Waals surface area (Å²) in [6, 6.07) is 7.30. The third-order valence-electron chi connectivity index (χ3n) is 5.48. The lowest BCUT2D eigenvalue weighted by atomic mass is 9.80. The molecular weight excluding hydrogens is 300 g/mol. The number of carbonyl (C=O) groups excluding carboxylic acids is 1. The van der Waals surface area contributed by atoms with Crippen molar-refractivity contribution in [1.29, 1.82) is 0 Å². The predicted molar refractivity (Wildman–Crippen MR) is 95.9 cm³/mol. The molecule has 4 rings (SSSR count). The van der Waals surface area contributed by atoms with Gasteiger partial charge in [0.2, 0.25) is 0 Å². The maximum atomic E-state index is 12.1. The van der Waals surface area contributed by atoms with Crippen molar-refractivity contribution < 1.29 is 9.53 Å². The van der Waals surface area contributed by atoms with Crippen LogP contribution in [0.15, 0.2) is 30.5 Å². The first-order valence-corrected chi connectivity index (χ1v) is 8.63. The van der Waals surface area contributed by atoms with Crippen LogP contribution in [0.2, 0.25) is 0 Å². The Kier molecular flexibility index (Phi) is 3.53. The average molecular weight is 324 g/mol. The molecule has 0 unspecified atom stereocenters. The summed E-state index contributed by atoms with van der Waals surface area (Å²) in [7, 11) is 3.58. The van der Waals surface area contributed by atoms with Gasteiger partial charge in [0.15, 0.2) is 0 Å². The van der Waals surface area contributed by atoms with E-state index in [0.29, 0.717) is 12.1 Å². The molecule has 0 saturated heterocycles. The lowest BCUT2D eigenvalue weighted by Crippen LogP contribution is -2.44. The Labute approximate surface area is 142 Å². The van der Waals surface area contributed by atoms with Crippen LogP contribution in [0.5, 0.6) is 0 Å². The molecule has 2 heterocycles. The third kappa shape index (κ3) is 2.13. The molecule has 0 N–H and O–H groups in total. The zero-order valence-corrected chi connectivity index (χ0v) is 14.7. The minimum Gasteiger partial charge on any atom is -0.469 e. The maximum Gasteiger partial charge on any atom is 0.313 e. The molecule has 0 amide bonds. The highest BCUT2D eigenvalue weighted by Crippen LogP contribution is 2.42. The molecule has 24 heavy (non-hydrogen) atoms. The molecule has 2 aliphatic rings. The van der Waals surface area contributed by atoms with Crippen LogP contribution >= 0.6 is 0 Å². The van der Waals surface area contributed by atoms with Crippen LogP contribution in [0.25, 0.3) is 16.5 Å². The number of fused-ring (bicyclic) bond motifs is 2. The van der Waals surface area contributed by atoms with Gasteiger partial charge in [-0.15, -0.1) is 0 Å². The molecule has 2 aromatic rings. The zero-order valence-electron chi connectivity index (χ0n) is 14.7. The second kappa shape index (κ2) is 5.49. The quantitative estimate of drug-likeness (QED) is 0.795. The number of rotatable bonds is 2. The van der Waals surface area contributed by atoms with Gasteiger partial charge in [-0.25, -0.2) is 0 Å². The van der Waals surface area contributed by atoms with Crippen molar-refractivity contribution >= 4 is 22.4 Å². The monoisotopic (exact) mass is 324 g/mol. The smallest absolute Gasteiger partial charge is 0.313 e. The summed E-state index contributed by atoms with van der Waals surface area (Å²) in [5.41, 5.74) is 5.26. The van der Waals surface area contributed by atoms with Crippen LogP contribution in [-0.2, 0) is 16.0 Å². The molecule has 4 heteroatoms. The molecule has 1 aliphatic carbocycles. The van der Waals surface area contributed by atoms with E-state index in [2.05, 4.69) is 60.8 Å². The minimum absolute atomic E-state index is 0.148. The topological polar surface area (TPSA) is 34.5 Å². The third-order valence-corrected chi connectivity index (χ3v) is 5.48. The Morgan fingerprint density at radius 3 is 2.83 bits per heavy atom. The van der Waals surface area contributed by atoms with Crippen molar-refractivity contribution in [1.82, 2.24) is 9.47 Å². The van der Waals surface area contributed by atoms with E-state index in [1.807, 2.05) is 0 Å². The second-order valence-electron chi connectivity index (χ2n) is 7.27. The van der Waals surface area contributed by atoms with Crippen molar-refractivity contribution in [2.75, 3.05) is 20.7 Å². The molecule has 0 radical (unpaired) electrons. The van der Waals surface area contributed by atoms with Crippen molar-refractivity contribution in [3.05, 3.63) is 41.6 Å². The highest BCUT2D eigenvalue weighted by Gasteiger charge is 2.36. The maximum absolute atomic E-state index is 12.1. The summed E-state index contributed by atoms with van der Waals surface area (Å²) >= 11 is 0. The number of aromatic nitrogens is 1. The molecule has 0 spiro atoms. The van der Waals surface area contributed by atoms with E-state index in [1.54, 1.807) is 0 Å². The van der Waals surface area contributed by atoms with Crippen LogP contribution in [0.1, 0.15) is 31.0 Å². The second-order valence-corrected chi connectivity index (χ2v) is 7.27. The van der Waals surface area contributed by atoms with Gasteiger partial charge in [0.1, 0.15) is 0 Å². The van der Waals surface area contributed by atoms with Crippen molar-refractivity contribution in [3.8, 4) is 0 Å². The minimum atomic E-state index is -0.185. The van der Waals surface area contributed by atoms with E-state index < -0.39 is 0 Å². The summed E-state index contributed by atoms with van der Waals surface area (Å²) in [6.45, 7) is 5.16. The first-order chi connectivity index (χ1) is 11.5. The largest absolute Gasteiger partial charge is 0.469 e. The van der Waals surface area contributed by atoms with Crippen LogP contribution in [-0.4, -0.2) is 42.2 Å². The Hall–Kier alpha value is -2.07. The first-order valence-electron chi connectivity index (χ1n) is 8.63. The van der Waals surface area contributed by atoms with Crippen LogP contribution in [0.3, 0.4) is 0 Å². The van der Waals surface area contributed by atoms with Gasteiger partial charge in [-0.2, -0.15) is 0 Å². The number of hydrogen-bond acceptors (Lipinski definition) is 3. The molecular formula is C20H24N2O2. The van der Waals surface area contributed by atoms with Crippen LogP contribution in [0, 0.1) is 5.92 Å². The van der Waals surface area contributed by atoms with E-state index in [1.165, 1.54) is 34.7 Å². The summed E-state index contributed by atoms with van der Waals surface area (Å²) in [5.74, 6) is -0.333. The number of methoxy groups -OCH3 is 1. The van der Waals surface area contributed by atoms with Gasteiger partial charge in [0.25, 0.3) is 0 Å². The van der Waals surface area contributed by atoms with E-state index in [-0.39, 0.29) is 11.9 Å². The van der Waals surface area contributed by atoms with E-state index >= 15 is 0 Å². The number of benzene rings is 1. The number of likely N-dealkylation sites (N-methyl/N-ethyl adjacent to an activating group) is 1. The fraction of sp³-hybridized carbons (Fsp3) is 0.450. The van der Waals surface area contributed by atoms with E-state index in [9.17, 15) is 4.79 Å². The van der Waals surface area contributed by atoms with Gasteiger partial charge in [-0.1, -0.05) is 18.2 Å². The van der Waals surface area contributed by atoms with Gasteiger partial charge in [-0.05, 0) is 50.1 Å². The summed E-state index contributed by atoms with van der Waals surface area (Å²) < 4.78 is 7.35. The highest BCUT2D eigenvalue weighted by molar-refractivity contribution is 5.99. The van der Waals surface area contributed by atoms with E-state index in [4.69, 9.17) is 4.74 Å². The van der Waals surface area contributed by atoms with E-state index in [0.717, 1.165) is 13.0 Å². The molecule has 4 nitrogen and oxygen atoms in total. The molecule has 0 bridgehead atoms. The number of nitrogens with zero attached hydrogens (tertiary/aromatic N) is 2. The number of carbonyl (C=O) groups is 1. The Bertz CT molecular complexity index is 847. The van der Waals surface area contributed by atoms with Crippen molar-refractivity contribution in [3.63, 3.8) is 0 Å². The first kappa shape index (κ1) is 15.5. The normalized spacial score (nSPS) is 23.3. The number of ether oxygens (including phenoxy) is 1. The molecule has 1 aromatic carbocycles.